The normalized spacial score (nSPS) is 12.7. The largest absolute Gasteiger partial charge is 0.497 e. The lowest BCUT2D eigenvalue weighted by molar-refractivity contribution is 0.298. The molecule has 5 heteroatoms. The van der Waals surface area contributed by atoms with Gasteiger partial charge < -0.3 is 20.3 Å². The third-order valence-corrected chi connectivity index (χ3v) is 4.17. The van der Waals surface area contributed by atoms with Crippen molar-refractivity contribution in [3.8, 4) is 5.75 Å². The topological polar surface area (TPSA) is 48.9 Å². The highest BCUT2D eigenvalue weighted by molar-refractivity contribution is 5.79. The fraction of sp³-hybridized carbons (Fsp3) is 0.381. The number of hydrogen-bond acceptors (Lipinski definition) is 3. The van der Waals surface area contributed by atoms with Gasteiger partial charge in [0.1, 0.15) is 5.75 Å². The summed E-state index contributed by atoms with van der Waals surface area (Å²) in [5.74, 6) is 1.67. The Morgan fingerprint density at radius 3 is 2.50 bits per heavy atom. The van der Waals surface area contributed by atoms with Gasteiger partial charge in [0.25, 0.3) is 0 Å². The molecule has 0 saturated heterocycles. The van der Waals surface area contributed by atoms with Crippen LogP contribution in [0.4, 0.5) is 0 Å². The van der Waals surface area contributed by atoms with Crippen molar-refractivity contribution in [3.05, 3.63) is 65.7 Å². The number of likely N-dealkylation sites (N-methyl/N-ethyl adjacent to an activating group) is 1. The number of ether oxygens (including phenoxy) is 1. The Labute approximate surface area is 157 Å². The minimum atomic E-state index is 0.275. The molecule has 26 heavy (non-hydrogen) atoms. The van der Waals surface area contributed by atoms with Gasteiger partial charge in [-0.15, -0.1) is 0 Å². The minimum Gasteiger partial charge on any atom is -0.497 e. The van der Waals surface area contributed by atoms with E-state index in [1.54, 1.807) is 7.11 Å². The van der Waals surface area contributed by atoms with Crippen molar-refractivity contribution < 1.29 is 4.74 Å². The number of nitrogens with one attached hydrogen (secondary N) is 2. The molecule has 0 spiro atoms. The summed E-state index contributed by atoms with van der Waals surface area (Å²) in [5, 5.41) is 6.78. The van der Waals surface area contributed by atoms with Crippen LogP contribution >= 0.6 is 0 Å². The highest BCUT2D eigenvalue weighted by Crippen LogP contribution is 2.17. The summed E-state index contributed by atoms with van der Waals surface area (Å²) < 4.78 is 5.28. The van der Waals surface area contributed by atoms with Gasteiger partial charge in [0, 0.05) is 13.1 Å². The van der Waals surface area contributed by atoms with Crippen LogP contribution in [0, 0.1) is 0 Å². The molecule has 0 aliphatic heterocycles. The van der Waals surface area contributed by atoms with Gasteiger partial charge >= 0.3 is 0 Å². The smallest absolute Gasteiger partial charge is 0.191 e. The quantitative estimate of drug-likeness (QED) is 0.565. The van der Waals surface area contributed by atoms with E-state index in [4.69, 9.17) is 9.73 Å². The number of methoxy groups -OCH3 is 1. The van der Waals surface area contributed by atoms with Gasteiger partial charge in [0.2, 0.25) is 0 Å². The molecule has 0 bridgehead atoms. The Balaban J connectivity index is 2.03. The van der Waals surface area contributed by atoms with Crippen molar-refractivity contribution >= 4 is 5.96 Å². The number of guanidine groups is 1. The summed E-state index contributed by atoms with van der Waals surface area (Å²) in [6.45, 7) is 4.27. The zero-order valence-electron chi connectivity index (χ0n) is 16.2. The molecule has 1 atom stereocenters. The lowest BCUT2D eigenvalue weighted by atomic mass is 10.1. The highest BCUT2D eigenvalue weighted by Gasteiger charge is 2.14. The summed E-state index contributed by atoms with van der Waals surface area (Å²) in [6, 6.07) is 18.8. The molecule has 0 amide bonds. The van der Waals surface area contributed by atoms with Crippen molar-refractivity contribution in [2.75, 3.05) is 34.3 Å². The van der Waals surface area contributed by atoms with E-state index in [9.17, 15) is 0 Å². The molecule has 0 saturated carbocycles. The van der Waals surface area contributed by atoms with Crippen LogP contribution in [-0.4, -0.2) is 45.2 Å². The molecule has 2 aromatic carbocycles. The zero-order chi connectivity index (χ0) is 18.8. The van der Waals surface area contributed by atoms with E-state index in [-0.39, 0.29) is 6.04 Å². The number of hydrogen-bond donors (Lipinski definition) is 2. The summed E-state index contributed by atoms with van der Waals surface area (Å²) in [6.07, 6.45) is 0. The summed E-state index contributed by atoms with van der Waals surface area (Å²) in [4.78, 5) is 6.92. The molecule has 5 nitrogen and oxygen atoms in total. The second-order valence-corrected chi connectivity index (χ2v) is 6.32. The van der Waals surface area contributed by atoms with Crippen molar-refractivity contribution in [2.24, 2.45) is 4.99 Å². The summed E-state index contributed by atoms with van der Waals surface area (Å²) in [7, 11) is 5.87. The maximum atomic E-state index is 5.28. The van der Waals surface area contributed by atoms with Crippen LogP contribution in [0.2, 0.25) is 0 Å². The second kappa shape index (κ2) is 10.5. The maximum absolute atomic E-state index is 5.28. The first-order valence-corrected chi connectivity index (χ1v) is 9.00. The van der Waals surface area contributed by atoms with E-state index >= 15 is 0 Å². The van der Waals surface area contributed by atoms with Gasteiger partial charge in [-0.05, 0) is 44.3 Å². The molecule has 140 valence electrons. The SMILES string of the molecule is CCNC(=NCc1cccc(OC)c1)NCC(c1ccccc1)N(C)C. The Kier molecular flexibility index (Phi) is 7.96. The summed E-state index contributed by atoms with van der Waals surface area (Å²) in [5.41, 5.74) is 2.41. The average molecular weight is 354 g/mol. The predicted molar refractivity (Wildman–Crippen MR) is 109 cm³/mol. The Bertz CT molecular complexity index is 685. The highest BCUT2D eigenvalue weighted by atomic mass is 16.5. The number of rotatable bonds is 8. The van der Waals surface area contributed by atoms with Gasteiger partial charge in [-0.2, -0.15) is 0 Å². The van der Waals surface area contributed by atoms with E-state index in [0.717, 1.165) is 30.4 Å². The van der Waals surface area contributed by atoms with Crippen LogP contribution in [0.1, 0.15) is 24.1 Å². The van der Waals surface area contributed by atoms with Gasteiger partial charge in [0.05, 0.1) is 19.7 Å². The average Bonchev–Trinajstić information content (AvgIpc) is 2.67. The molecular formula is C21H30N4O. The van der Waals surface area contributed by atoms with Crippen LogP contribution < -0.4 is 15.4 Å². The van der Waals surface area contributed by atoms with Gasteiger partial charge in [0.15, 0.2) is 5.96 Å². The van der Waals surface area contributed by atoms with Crippen molar-refractivity contribution in [1.82, 2.24) is 15.5 Å². The molecule has 0 radical (unpaired) electrons. The number of nitrogens with zero attached hydrogens (tertiary/aromatic N) is 2. The molecule has 0 aromatic heterocycles. The lowest BCUT2D eigenvalue weighted by Crippen LogP contribution is -2.41. The van der Waals surface area contributed by atoms with E-state index in [0.29, 0.717) is 6.54 Å². The van der Waals surface area contributed by atoms with Gasteiger partial charge in [-0.3, -0.25) is 0 Å². The molecule has 0 fully saturated rings. The first-order valence-electron chi connectivity index (χ1n) is 9.00. The monoisotopic (exact) mass is 354 g/mol. The Morgan fingerprint density at radius 1 is 1.08 bits per heavy atom. The van der Waals surface area contributed by atoms with E-state index < -0.39 is 0 Å². The molecule has 2 rings (SSSR count). The van der Waals surface area contributed by atoms with Crippen molar-refractivity contribution in [3.63, 3.8) is 0 Å². The van der Waals surface area contributed by atoms with E-state index in [2.05, 4.69) is 66.9 Å². The first-order chi connectivity index (χ1) is 12.6. The third-order valence-electron chi connectivity index (χ3n) is 4.17. The molecular weight excluding hydrogens is 324 g/mol. The number of aliphatic imine (C=N–C) groups is 1. The first kappa shape index (κ1) is 19.8. The minimum absolute atomic E-state index is 0.275. The van der Waals surface area contributed by atoms with Crippen LogP contribution in [0.25, 0.3) is 0 Å². The lowest BCUT2D eigenvalue weighted by Gasteiger charge is -2.26. The molecule has 0 heterocycles. The standard InChI is InChI=1S/C21H30N4O/c1-5-22-21(23-15-17-10-9-13-19(14-17)26-4)24-16-20(25(2)3)18-11-7-6-8-12-18/h6-14,20H,5,15-16H2,1-4H3,(H2,22,23,24). The van der Waals surface area contributed by atoms with E-state index in [1.165, 1.54) is 5.56 Å². The third kappa shape index (κ3) is 6.08. The van der Waals surface area contributed by atoms with Gasteiger partial charge in [-0.25, -0.2) is 4.99 Å². The van der Waals surface area contributed by atoms with Crippen molar-refractivity contribution in [2.45, 2.75) is 19.5 Å². The molecule has 0 aliphatic rings. The fourth-order valence-electron chi connectivity index (χ4n) is 2.75. The molecule has 1 unspecified atom stereocenters. The molecule has 0 aliphatic carbocycles. The summed E-state index contributed by atoms with van der Waals surface area (Å²) >= 11 is 0. The number of benzene rings is 2. The molecule has 2 aromatic rings. The zero-order valence-corrected chi connectivity index (χ0v) is 16.2. The van der Waals surface area contributed by atoms with Crippen LogP contribution in [0.5, 0.6) is 5.75 Å². The van der Waals surface area contributed by atoms with E-state index in [1.807, 2.05) is 24.3 Å². The fourth-order valence-corrected chi connectivity index (χ4v) is 2.75. The van der Waals surface area contributed by atoms with Crippen LogP contribution in [-0.2, 0) is 6.54 Å². The van der Waals surface area contributed by atoms with Crippen LogP contribution in [0.15, 0.2) is 59.6 Å². The maximum Gasteiger partial charge on any atom is 0.191 e. The second-order valence-electron chi connectivity index (χ2n) is 6.32. The van der Waals surface area contributed by atoms with Crippen LogP contribution in [0.3, 0.4) is 0 Å². The van der Waals surface area contributed by atoms with Crippen molar-refractivity contribution in [1.29, 1.82) is 0 Å². The molecule has 2 N–H and O–H groups in total. The van der Waals surface area contributed by atoms with Gasteiger partial charge in [-0.1, -0.05) is 42.5 Å². The predicted octanol–water partition coefficient (Wildman–Crippen LogP) is 3.05. The Hall–Kier alpha value is -2.53. The Morgan fingerprint density at radius 2 is 1.85 bits per heavy atom.